The molecule has 3 nitrogen and oxygen atoms in total. The molecule has 2 rings (SSSR count). The van der Waals surface area contributed by atoms with Crippen LogP contribution in [0.3, 0.4) is 0 Å². The third-order valence-electron chi connectivity index (χ3n) is 2.84. The van der Waals surface area contributed by atoms with E-state index in [0.29, 0.717) is 21.3 Å². The third-order valence-corrected chi connectivity index (χ3v) is 3.53. The normalized spacial score (nSPS) is 10.8. The highest BCUT2D eigenvalue weighted by molar-refractivity contribution is 9.10. The van der Waals surface area contributed by atoms with Gasteiger partial charge in [-0.2, -0.15) is 0 Å². The number of phenols is 1. The summed E-state index contributed by atoms with van der Waals surface area (Å²) in [6.45, 7) is 0. The van der Waals surface area contributed by atoms with Crippen LogP contribution in [0.25, 0.3) is 6.08 Å². The summed E-state index contributed by atoms with van der Waals surface area (Å²) in [4.78, 5) is 12.0. The number of hydrogen-bond acceptors (Lipinski definition) is 3. The molecular formula is C16H12BrFO3. The number of benzene rings is 2. The molecule has 0 aromatic heterocycles. The number of halogens is 2. The number of hydrogen-bond donors (Lipinski definition) is 1. The van der Waals surface area contributed by atoms with Crippen molar-refractivity contribution in [2.75, 3.05) is 7.11 Å². The summed E-state index contributed by atoms with van der Waals surface area (Å²) >= 11 is 3.30. The highest BCUT2D eigenvalue weighted by Gasteiger charge is 2.07. The van der Waals surface area contributed by atoms with Gasteiger partial charge in [0.2, 0.25) is 0 Å². The van der Waals surface area contributed by atoms with Crippen molar-refractivity contribution in [2.24, 2.45) is 0 Å². The van der Waals surface area contributed by atoms with Crippen LogP contribution < -0.4 is 4.74 Å². The molecule has 1 N–H and O–H groups in total. The van der Waals surface area contributed by atoms with E-state index in [1.165, 1.54) is 43.5 Å². The van der Waals surface area contributed by atoms with Gasteiger partial charge in [0.15, 0.2) is 17.3 Å². The molecule has 0 radical (unpaired) electrons. The van der Waals surface area contributed by atoms with E-state index >= 15 is 0 Å². The molecule has 0 aliphatic rings. The van der Waals surface area contributed by atoms with Crippen molar-refractivity contribution < 1.29 is 19.0 Å². The van der Waals surface area contributed by atoms with Gasteiger partial charge in [0, 0.05) is 10.0 Å². The lowest BCUT2D eigenvalue weighted by Crippen LogP contribution is -1.94. The predicted octanol–water partition coefficient (Wildman–Crippen LogP) is 4.20. The maximum Gasteiger partial charge on any atom is 0.185 e. The first-order valence-corrected chi connectivity index (χ1v) is 6.85. The fraction of sp³-hybridized carbons (Fsp3) is 0.0625. The summed E-state index contributed by atoms with van der Waals surface area (Å²) in [5, 5.41) is 9.62. The van der Waals surface area contributed by atoms with Crippen LogP contribution in [0.5, 0.6) is 11.5 Å². The predicted molar refractivity (Wildman–Crippen MR) is 82.1 cm³/mol. The van der Waals surface area contributed by atoms with E-state index in [9.17, 15) is 14.3 Å². The van der Waals surface area contributed by atoms with E-state index < -0.39 is 0 Å². The van der Waals surface area contributed by atoms with Gasteiger partial charge < -0.3 is 9.84 Å². The summed E-state index contributed by atoms with van der Waals surface area (Å²) < 4.78 is 18.4. The van der Waals surface area contributed by atoms with Crippen molar-refractivity contribution >= 4 is 27.8 Å². The largest absolute Gasteiger partial charge is 0.504 e. The number of allylic oxidation sites excluding steroid dienone is 1. The standard InChI is InChI=1S/C16H12BrFO3/c1-21-16-8-11(13(17)9-15(16)20)4-7-14(19)10-2-5-12(18)6-3-10/h2-9,20H,1H3. The fourth-order valence-electron chi connectivity index (χ4n) is 1.73. The van der Waals surface area contributed by atoms with Crippen LogP contribution in [-0.2, 0) is 0 Å². The van der Waals surface area contributed by atoms with Gasteiger partial charge >= 0.3 is 0 Å². The van der Waals surface area contributed by atoms with Crippen molar-refractivity contribution in [3.05, 3.63) is 63.9 Å². The highest BCUT2D eigenvalue weighted by atomic mass is 79.9. The molecule has 0 fully saturated rings. The molecule has 0 spiro atoms. The molecule has 2 aromatic carbocycles. The van der Waals surface area contributed by atoms with E-state index in [2.05, 4.69) is 15.9 Å². The molecule has 0 heterocycles. The number of aromatic hydroxyl groups is 1. The van der Waals surface area contributed by atoms with Gasteiger partial charge in [-0.15, -0.1) is 0 Å². The van der Waals surface area contributed by atoms with Gasteiger partial charge in [-0.05, 0) is 54.1 Å². The van der Waals surface area contributed by atoms with Gasteiger partial charge in [0.05, 0.1) is 7.11 Å². The average molecular weight is 351 g/mol. The van der Waals surface area contributed by atoms with Crippen molar-refractivity contribution in [1.82, 2.24) is 0 Å². The molecule has 0 saturated carbocycles. The quantitative estimate of drug-likeness (QED) is 0.663. The van der Waals surface area contributed by atoms with Crippen LogP contribution in [0.4, 0.5) is 4.39 Å². The Balaban J connectivity index is 2.24. The summed E-state index contributed by atoms with van der Waals surface area (Å²) in [6.07, 6.45) is 2.97. The SMILES string of the molecule is COc1cc(C=CC(=O)c2ccc(F)cc2)c(Br)cc1O. The summed E-state index contributed by atoms with van der Waals surface area (Å²) in [5.74, 6) is -0.311. The van der Waals surface area contributed by atoms with E-state index in [4.69, 9.17) is 4.74 Å². The third kappa shape index (κ3) is 3.70. The zero-order valence-electron chi connectivity index (χ0n) is 11.1. The Morgan fingerprint density at radius 1 is 1.29 bits per heavy atom. The Morgan fingerprint density at radius 2 is 1.95 bits per heavy atom. The molecule has 108 valence electrons. The Kier molecular flexibility index (Phi) is 4.75. The van der Waals surface area contributed by atoms with Crippen molar-refractivity contribution in [3.8, 4) is 11.5 Å². The zero-order valence-corrected chi connectivity index (χ0v) is 12.7. The lowest BCUT2D eigenvalue weighted by molar-refractivity contribution is 0.104. The fourth-order valence-corrected chi connectivity index (χ4v) is 2.19. The summed E-state index contributed by atoms with van der Waals surface area (Å²) in [5.41, 5.74) is 1.08. The Hall–Kier alpha value is -2.14. The Morgan fingerprint density at radius 3 is 2.57 bits per heavy atom. The number of ether oxygens (including phenoxy) is 1. The van der Waals surface area contributed by atoms with Crippen LogP contribution in [0.2, 0.25) is 0 Å². The van der Waals surface area contributed by atoms with Crippen LogP contribution in [0.15, 0.2) is 46.9 Å². The number of rotatable bonds is 4. The van der Waals surface area contributed by atoms with Gasteiger partial charge in [-0.1, -0.05) is 15.9 Å². The first-order valence-electron chi connectivity index (χ1n) is 6.05. The van der Waals surface area contributed by atoms with Gasteiger partial charge in [-0.3, -0.25) is 4.79 Å². The lowest BCUT2D eigenvalue weighted by Gasteiger charge is -2.06. The van der Waals surface area contributed by atoms with Crippen molar-refractivity contribution in [2.45, 2.75) is 0 Å². The molecule has 0 atom stereocenters. The number of phenolic OH excluding ortho intramolecular Hbond substituents is 1. The first-order chi connectivity index (χ1) is 10.0. The second-order valence-corrected chi connectivity index (χ2v) is 5.10. The minimum Gasteiger partial charge on any atom is -0.504 e. The van der Waals surface area contributed by atoms with E-state index in [-0.39, 0.29) is 17.3 Å². The molecule has 0 aliphatic heterocycles. The summed E-state index contributed by atoms with van der Waals surface area (Å²) in [7, 11) is 1.44. The Bertz CT molecular complexity index is 693. The monoisotopic (exact) mass is 350 g/mol. The molecular weight excluding hydrogens is 339 g/mol. The second-order valence-electron chi connectivity index (χ2n) is 4.25. The second kappa shape index (κ2) is 6.54. The first kappa shape index (κ1) is 15.3. The van der Waals surface area contributed by atoms with E-state index in [1.54, 1.807) is 12.1 Å². The van der Waals surface area contributed by atoms with Crippen LogP contribution >= 0.6 is 15.9 Å². The smallest absolute Gasteiger partial charge is 0.185 e. The van der Waals surface area contributed by atoms with Crippen LogP contribution in [-0.4, -0.2) is 18.0 Å². The van der Waals surface area contributed by atoms with Crippen LogP contribution in [0.1, 0.15) is 15.9 Å². The number of methoxy groups -OCH3 is 1. The molecule has 0 saturated heterocycles. The number of carbonyl (C=O) groups excluding carboxylic acids is 1. The van der Waals surface area contributed by atoms with Crippen molar-refractivity contribution in [3.63, 3.8) is 0 Å². The molecule has 0 aliphatic carbocycles. The molecule has 0 amide bonds. The van der Waals surface area contributed by atoms with E-state index in [0.717, 1.165) is 0 Å². The minimum atomic E-state index is -0.387. The summed E-state index contributed by atoms with van der Waals surface area (Å²) in [6, 6.07) is 8.42. The van der Waals surface area contributed by atoms with Crippen LogP contribution in [0, 0.1) is 5.82 Å². The maximum atomic E-state index is 12.8. The lowest BCUT2D eigenvalue weighted by atomic mass is 10.1. The van der Waals surface area contributed by atoms with Gasteiger partial charge in [0.1, 0.15) is 5.82 Å². The number of carbonyl (C=O) groups is 1. The van der Waals surface area contributed by atoms with E-state index in [1.807, 2.05) is 0 Å². The average Bonchev–Trinajstić information content (AvgIpc) is 2.47. The Labute approximate surface area is 129 Å². The molecule has 0 unspecified atom stereocenters. The van der Waals surface area contributed by atoms with Crippen molar-refractivity contribution in [1.29, 1.82) is 0 Å². The van der Waals surface area contributed by atoms with Gasteiger partial charge in [0.25, 0.3) is 0 Å². The molecule has 2 aromatic rings. The minimum absolute atomic E-state index is 0.00591. The number of ketones is 1. The zero-order chi connectivity index (χ0) is 15.4. The molecule has 5 heteroatoms. The molecule has 0 bridgehead atoms. The highest BCUT2D eigenvalue weighted by Crippen LogP contribution is 2.33. The van der Waals surface area contributed by atoms with Gasteiger partial charge in [-0.25, -0.2) is 4.39 Å². The topological polar surface area (TPSA) is 46.5 Å². The maximum absolute atomic E-state index is 12.8. The molecule has 21 heavy (non-hydrogen) atoms.